The van der Waals surface area contributed by atoms with Gasteiger partial charge in [-0.1, -0.05) is 31.5 Å². The molecule has 0 unspecified atom stereocenters. The standard InChI is InChI=1S/C23H26ClN7O2S.C3H6.C2H6/c1-13(25)20-21(26)29-22(30-23(20)33-15-5-8-27-9-6-15)14-3-4-18(17(24)11-14)31-34-19-12-16(32-2)7-10-28-19;1-3-2;1-2/h3-4,7,10-12,15,25,27,31H,5-6,8-9H2,1-2H3,(H2,26,29,30);3H,1H2,2H3;1-2H3. The lowest BCUT2D eigenvalue weighted by Crippen LogP contribution is -2.34. The van der Waals surface area contributed by atoms with E-state index in [4.69, 9.17) is 32.2 Å². The fraction of sp³-hybridized carbons (Fsp3) is 0.357. The summed E-state index contributed by atoms with van der Waals surface area (Å²) in [5, 5.41) is 12.7. The first-order chi connectivity index (χ1) is 18.9. The molecule has 1 fully saturated rings. The van der Waals surface area contributed by atoms with Gasteiger partial charge in [-0.2, -0.15) is 4.98 Å². The first-order valence-corrected chi connectivity index (χ1v) is 14.0. The van der Waals surface area contributed by atoms with E-state index in [9.17, 15) is 0 Å². The van der Waals surface area contributed by atoms with Crippen LogP contribution in [0.1, 0.15) is 46.1 Å². The van der Waals surface area contributed by atoms with E-state index in [0.29, 0.717) is 33.5 Å². The van der Waals surface area contributed by atoms with Gasteiger partial charge in [0.05, 0.1) is 23.4 Å². The zero-order valence-corrected chi connectivity index (χ0v) is 24.7. The number of nitrogen functional groups attached to an aromatic ring is 1. The second-order valence-electron chi connectivity index (χ2n) is 8.15. The molecule has 1 aromatic carbocycles. The average Bonchev–Trinajstić information content (AvgIpc) is 2.94. The van der Waals surface area contributed by atoms with E-state index in [0.717, 1.165) is 36.7 Å². The van der Waals surface area contributed by atoms with E-state index in [1.54, 1.807) is 38.4 Å². The number of aromatic nitrogens is 3. The van der Waals surface area contributed by atoms with Gasteiger partial charge in [0.1, 0.15) is 22.7 Å². The van der Waals surface area contributed by atoms with Crippen molar-refractivity contribution in [3.05, 3.63) is 59.8 Å². The van der Waals surface area contributed by atoms with Crippen LogP contribution in [0.15, 0.2) is 54.2 Å². The zero-order chi connectivity index (χ0) is 28.8. The third-order valence-corrected chi connectivity index (χ3v) is 6.35. The molecule has 3 heterocycles. The lowest BCUT2D eigenvalue weighted by atomic mass is 10.1. The van der Waals surface area contributed by atoms with Crippen molar-refractivity contribution in [3.63, 3.8) is 0 Å². The van der Waals surface area contributed by atoms with Crippen LogP contribution in [0, 0.1) is 5.41 Å². The highest BCUT2D eigenvalue weighted by Crippen LogP contribution is 2.33. The second-order valence-corrected chi connectivity index (χ2v) is 9.38. The van der Waals surface area contributed by atoms with Crippen molar-refractivity contribution in [2.24, 2.45) is 0 Å². The summed E-state index contributed by atoms with van der Waals surface area (Å²) in [7, 11) is 1.61. The molecule has 3 aromatic rings. The van der Waals surface area contributed by atoms with Gasteiger partial charge in [-0.25, -0.2) is 9.97 Å². The van der Waals surface area contributed by atoms with Crippen molar-refractivity contribution < 1.29 is 9.47 Å². The number of nitrogens with two attached hydrogens (primary N) is 1. The van der Waals surface area contributed by atoms with Crippen LogP contribution in [0.4, 0.5) is 11.5 Å². The third-order valence-electron chi connectivity index (χ3n) is 5.28. The molecule has 1 aliphatic heterocycles. The molecule has 4 rings (SSSR count). The van der Waals surface area contributed by atoms with Crippen LogP contribution >= 0.6 is 23.5 Å². The van der Waals surface area contributed by atoms with E-state index < -0.39 is 0 Å². The maximum Gasteiger partial charge on any atom is 0.228 e. The Hall–Kier alpha value is -3.34. The molecule has 9 nitrogen and oxygen atoms in total. The number of piperidine rings is 1. The Morgan fingerprint density at radius 1 is 1.23 bits per heavy atom. The molecule has 0 saturated carbocycles. The fourth-order valence-corrected chi connectivity index (χ4v) is 4.48. The molecule has 5 N–H and O–H groups in total. The summed E-state index contributed by atoms with van der Waals surface area (Å²) in [6.07, 6.45) is 5.17. The van der Waals surface area contributed by atoms with E-state index in [1.807, 2.05) is 39.0 Å². The molecule has 0 aliphatic carbocycles. The molecule has 0 bridgehead atoms. The Kier molecular flexibility index (Phi) is 13.6. The predicted molar refractivity (Wildman–Crippen MR) is 163 cm³/mol. The minimum atomic E-state index is 0.0129. The summed E-state index contributed by atoms with van der Waals surface area (Å²) < 4.78 is 14.6. The van der Waals surface area contributed by atoms with Crippen LogP contribution in [-0.2, 0) is 0 Å². The molecule has 1 aliphatic rings. The summed E-state index contributed by atoms with van der Waals surface area (Å²) in [5.74, 6) is 1.66. The summed E-state index contributed by atoms with van der Waals surface area (Å²) in [6, 6.07) is 9.07. The van der Waals surface area contributed by atoms with Crippen LogP contribution in [0.2, 0.25) is 5.02 Å². The van der Waals surface area contributed by atoms with E-state index in [-0.39, 0.29) is 17.6 Å². The number of hydrogen-bond acceptors (Lipinski definition) is 10. The number of anilines is 2. The Morgan fingerprint density at radius 2 is 1.92 bits per heavy atom. The molecular formula is C28H38ClN7O2S. The lowest BCUT2D eigenvalue weighted by molar-refractivity contribution is 0.155. The van der Waals surface area contributed by atoms with Crippen molar-refractivity contribution in [2.75, 3.05) is 30.7 Å². The molecule has 2 aromatic heterocycles. The first kappa shape index (κ1) is 31.9. The molecule has 210 valence electrons. The molecular weight excluding hydrogens is 534 g/mol. The van der Waals surface area contributed by atoms with Crippen LogP contribution < -0.4 is 25.2 Å². The van der Waals surface area contributed by atoms with Gasteiger partial charge in [0, 0.05) is 35.5 Å². The molecule has 11 heteroatoms. The Morgan fingerprint density at radius 3 is 2.54 bits per heavy atom. The molecule has 0 spiro atoms. The van der Waals surface area contributed by atoms with Crippen LogP contribution in [0.3, 0.4) is 0 Å². The van der Waals surface area contributed by atoms with E-state index in [2.05, 4.69) is 31.6 Å². The van der Waals surface area contributed by atoms with E-state index in [1.165, 1.54) is 11.9 Å². The highest BCUT2D eigenvalue weighted by molar-refractivity contribution is 8.00. The van der Waals surface area contributed by atoms with Gasteiger partial charge in [-0.05, 0) is 64.0 Å². The fourth-order valence-electron chi connectivity index (χ4n) is 3.51. The van der Waals surface area contributed by atoms with E-state index >= 15 is 0 Å². The lowest BCUT2D eigenvalue weighted by Gasteiger charge is -2.24. The van der Waals surface area contributed by atoms with Crippen molar-refractivity contribution in [1.29, 1.82) is 5.41 Å². The number of hydrogen-bond donors (Lipinski definition) is 4. The first-order valence-electron chi connectivity index (χ1n) is 12.8. The van der Waals surface area contributed by atoms with Gasteiger partial charge in [0.2, 0.25) is 5.88 Å². The number of ether oxygens (including phenoxy) is 2. The Balaban J connectivity index is 0.000000998. The molecule has 39 heavy (non-hydrogen) atoms. The maximum absolute atomic E-state index is 8.12. The number of nitrogens with zero attached hydrogens (tertiary/aromatic N) is 3. The number of rotatable bonds is 8. The van der Waals surface area contributed by atoms with Gasteiger partial charge >= 0.3 is 0 Å². The third kappa shape index (κ3) is 9.42. The van der Waals surface area contributed by atoms with Crippen LogP contribution in [-0.4, -0.2) is 47.0 Å². The van der Waals surface area contributed by atoms with Crippen molar-refractivity contribution in [2.45, 2.75) is 51.7 Å². The average molecular weight is 572 g/mol. The summed E-state index contributed by atoms with van der Waals surface area (Å²) >= 11 is 7.86. The molecule has 0 radical (unpaired) electrons. The quantitative estimate of drug-likeness (QED) is 0.133. The SMILES string of the molecule is C=CC.CC.COc1ccnc(SNc2ccc(-c3nc(N)c(C(C)=N)c(OC4CCNCC4)n3)cc2Cl)c1. The van der Waals surface area contributed by atoms with Gasteiger partial charge in [-0.3, -0.25) is 0 Å². The van der Waals surface area contributed by atoms with Crippen molar-refractivity contribution in [3.8, 4) is 23.0 Å². The normalized spacial score (nSPS) is 12.7. The predicted octanol–water partition coefficient (Wildman–Crippen LogP) is 6.64. The van der Waals surface area contributed by atoms with Gasteiger partial charge in [0.25, 0.3) is 0 Å². The number of allylic oxidation sites excluding steroid dienone is 1. The summed E-state index contributed by atoms with van der Waals surface area (Å²) in [4.78, 5) is 13.3. The smallest absolute Gasteiger partial charge is 0.228 e. The van der Waals surface area contributed by atoms with Crippen molar-refractivity contribution >= 4 is 40.8 Å². The Bertz CT molecular complexity index is 1240. The number of halogens is 1. The summed E-state index contributed by atoms with van der Waals surface area (Å²) in [5.41, 5.74) is 8.31. The topological polar surface area (TPSA) is 131 Å². The maximum atomic E-state index is 8.12. The highest BCUT2D eigenvalue weighted by atomic mass is 35.5. The van der Waals surface area contributed by atoms with Gasteiger partial charge in [-0.15, -0.1) is 6.58 Å². The zero-order valence-electron chi connectivity index (χ0n) is 23.2. The largest absolute Gasteiger partial charge is 0.497 e. The minimum Gasteiger partial charge on any atom is -0.497 e. The monoisotopic (exact) mass is 571 g/mol. The second kappa shape index (κ2) is 16.6. The number of methoxy groups -OCH3 is 1. The van der Waals surface area contributed by atoms with Gasteiger partial charge in [0.15, 0.2) is 5.82 Å². The summed E-state index contributed by atoms with van der Waals surface area (Å²) in [6.45, 7) is 12.7. The number of benzene rings is 1. The Labute approximate surface area is 240 Å². The minimum absolute atomic E-state index is 0.0129. The molecule has 0 amide bonds. The number of pyridine rings is 1. The van der Waals surface area contributed by atoms with Crippen molar-refractivity contribution in [1.82, 2.24) is 20.3 Å². The molecule has 0 atom stereocenters. The van der Waals surface area contributed by atoms with Gasteiger partial charge < -0.3 is 30.7 Å². The van der Waals surface area contributed by atoms with Crippen LogP contribution in [0.5, 0.6) is 11.6 Å². The van der Waals surface area contributed by atoms with Crippen LogP contribution in [0.25, 0.3) is 11.4 Å². The number of nitrogens with one attached hydrogen (secondary N) is 3. The highest BCUT2D eigenvalue weighted by Gasteiger charge is 2.22. The molecule has 1 saturated heterocycles.